The quantitative estimate of drug-likeness (QED) is 0.666. The zero-order valence-corrected chi connectivity index (χ0v) is 7.96. The second-order valence-electron chi connectivity index (χ2n) is 2.95. The fourth-order valence-electron chi connectivity index (χ4n) is 1.38. The number of nitrogens with zero attached hydrogens (tertiary/aromatic N) is 2. The van der Waals surface area contributed by atoms with E-state index in [0.717, 1.165) is 25.9 Å². The van der Waals surface area contributed by atoms with Gasteiger partial charge in [0.2, 0.25) is 6.41 Å². The van der Waals surface area contributed by atoms with Crippen LogP contribution in [0.4, 0.5) is 0 Å². The minimum atomic E-state index is 0.733. The highest BCUT2D eigenvalue weighted by Crippen LogP contribution is 2.24. The molecule has 13 heavy (non-hydrogen) atoms. The lowest BCUT2D eigenvalue weighted by Gasteiger charge is -2.21. The molecule has 0 saturated heterocycles. The molecule has 0 aromatic carbocycles. The molecule has 1 amide bonds. The molecule has 1 aliphatic rings. The monoisotopic (exact) mass is 194 g/mol. The van der Waals surface area contributed by atoms with Crippen molar-refractivity contribution < 1.29 is 4.79 Å². The highest BCUT2D eigenvalue weighted by Gasteiger charge is 2.11. The summed E-state index contributed by atoms with van der Waals surface area (Å²) in [6.07, 6.45) is 5.83. The fourth-order valence-corrected chi connectivity index (χ4v) is 2.07. The van der Waals surface area contributed by atoms with Crippen molar-refractivity contribution in [2.45, 2.75) is 6.42 Å². The first kappa shape index (κ1) is 8.44. The molecule has 1 aromatic heterocycles. The Morgan fingerprint density at radius 1 is 1.62 bits per heavy atom. The van der Waals surface area contributed by atoms with Crippen molar-refractivity contribution in [2.24, 2.45) is 0 Å². The molecule has 0 aliphatic carbocycles. The van der Waals surface area contributed by atoms with Crippen LogP contribution in [0.15, 0.2) is 17.8 Å². The summed E-state index contributed by atoms with van der Waals surface area (Å²) < 4.78 is 0. The van der Waals surface area contributed by atoms with E-state index in [1.807, 2.05) is 11.7 Å². The molecule has 0 atom stereocenters. The number of hydrogen-bond acceptors (Lipinski definition) is 3. The fraction of sp³-hybridized carbons (Fsp3) is 0.333. The third-order valence-corrected chi connectivity index (χ3v) is 2.99. The van der Waals surface area contributed by atoms with E-state index in [1.54, 1.807) is 16.2 Å². The van der Waals surface area contributed by atoms with Gasteiger partial charge in [-0.1, -0.05) is 6.08 Å². The summed E-state index contributed by atoms with van der Waals surface area (Å²) in [7, 11) is 0. The third kappa shape index (κ3) is 1.78. The summed E-state index contributed by atoms with van der Waals surface area (Å²) in [5.74, 6) is 0. The summed E-state index contributed by atoms with van der Waals surface area (Å²) >= 11 is 1.65. The molecule has 0 unspecified atom stereocenters. The number of aromatic nitrogens is 1. The van der Waals surface area contributed by atoms with Gasteiger partial charge in [-0.2, -0.15) is 0 Å². The van der Waals surface area contributed by atoms with Gasteiger partial charge >= 0.3 is 0 Å². The smallest absolute Gasteiger partial charge is 0.209 e. The Balaban J connectivity index is 2.11. The lowest BCUT2D eigenvalue weighted by molar-refractivity contribution is -0.117. The van der Waals surface area contributed by atoms with E-state index in [9.17, 15) is 4.79 Å². The molecule has 1 aromatic rings. The standard InChI is InChI=1S/C9H10N2OS/c12-7-11-3-1-8(2-4-11)9-5-10-6-13-9/h1,5-7H,2-4H2. The number of carbonyl (C=O) groups is 1. The normalized spacial score (nSPS) is 16.9. The Kier molecular flexibility index (Phi) is 2.40. The average Bonchev–Trinajstić information content (AvgIpc) is 2.71. The number of thiazole rings is 1. The maximum Gasteiger partial charge on any atom is 0.209 e. The van der Waals surface area contributed by atoms with Gasteiger partial charge in [0, 0.05) is 24.2 Å². The van der Waals surface area contributed by atoms with Crippen LogP contribution in [0.1, 0.15) is 11.3 Å². The van der Waals surface area contributed by atoms with Gasteiger partial charge in [-0.3, -0.25) is 9.78 Å². The summed E-state index contributed by atoms with van der Waals surface area (Å²) in [5.41, 5.74) is 3.16. The molecule has 0 fully saturated rings. The lowest BCUT2D eigenvalue weighted by atomic mass is 10.1. The topological polar surface area (TPSA) is 33.2 Å². The van der Waals surface area contributed by atoms with Crippen LogP contribution in [0, 0.1) is 0 Å². The molecule has 0 N–H and O–H groups in total. The van der Waals surface area contributed by atoms with E-state index in [4.69, 9.17) is 0 Å². The minimum Gasteiger partial charge on any atom is -0.341 e. The van der Waals surface area contributed by atoms with E-state index in [2.05, 4.69) is 11.1 Å². The van der Waals surface area contributed by atoms with Gasteiger partial charge in [-0.15, -0.1) is 11.3 Å². The highest BCUT2D eigenvalue weighted by molar-refractivity contribution is 7.10. The van der Waals surface area contributed by atoms with Gasteiger partial charge in [0.25, 0.3) is 0 Å². The Bertz CT molecular complexity index is 318. The third-order valence-electron chi connectivity index (χ3n) is 2.14. The Morgan fingerprint density at radius 3 is 3.08 bits per heavy atom. The first-order valence-electron chi connectivity index (χ1n) is 4.17. The Morgan fingerprint density at radius 2 is 2.54 bits per heavy atom. The molecule has 1 aliphatic heterocycles. The van der Waals surface area contributed by atoms with E-state index >= 15 is 0 Å². The van der Waals surface area contributed by atoms with Crippen LogP contribution in [0.25, 0.3) is 5.57 Å². The first-order chi connectivity index (χ1) is 6.40. The van der Waals surface area contributed by atoms with Gasteiger partial charge in [-0.25, -0.2) is 0 Å². The average molecular weight is 194 g/mol. The maximum atomic E-state index is 10.4. The predicted octanol–water partition coefficient (Wildman–Crippen LogP) is 1.39. The van der Waals surface area contributed by atoms with E-state index in [-0.39, 0.29) is 0 Å². The lowest BCUT2D eigenvalue weighted by Crippen LogP contribution is -2.26. The van der Waals surface area contributed by atoms with Crippen molar-refractivity contribution in [3.63, 3.8) is 0 Å². The highest BCUT2D eigenvalue weighted by atomic mass is 32.1. The number of carbonyl (C=O) groups excluding carboxylic acids is 1. The van der Waals surface area contributed by atoms with Crippen molar-refractivity contribution >= 4 is 23.3 Å². The second kappa shape index (κ2) is 3.70. The molecule has 2 heterocycles. The van der Waals surface area contributed by atoms with Crippen LogP contribution in [0.3, 0.4) is 0 Å². The van der Waals surface area contributed by atoms with Crippen molar-refractivity contribution in [3.05, 3.63) is 22.7 Å². The van der Waals surface area contributed by atoms with Crippen LogP contribution in [-0.4, -0.2) is 29.4 Å². The maximum absolute atomic E-state index is 10.4. The van der Waals surface area contributed by atoms with Crippen LogP contribution in [0.5, 0.6) is 0 Å². The first-order valence-corrected chi connectivity index (χ1v) is 5.05. The van der Waals surface area contributed by atoms with E-state index < -0.39 is 0 Å². The van der Waals surface area contributed by atoms with Crippen LogP contribution in [-0.2, 0) is 4.79 Å². The predicted molar refractivity (Wildman–Crippen MR) is 52.3 cm³/mol. The summed E-state index contributed by atoms with van der Waals surface area (Å²) in [6, 6.07) is 0. The van der Waals surface area contributed by atoms with E-state index in [0.29, 0.717) is 0 Å². The van der Waals surface area contributed by atoms with Gasteiger partial charge < -0.3 is 4.90 Å². The van der Waals surface area contributed by atoms with Crippen molar-refractivity contribution in [2.75, 3.05) is 13.1 Å². The molecule has 0 bridgehead atoms. The molecule has 3 nitrogen and oxygen atoms in total. The van der Waals surface area contributed by atoms with Crippen LogP contribution >= 0.6 is 11.3 Å². The van der Waals surface area contributed by atoms with Crippen LogP contribution < -0.4 is 0 Å². The van der Waals surface area contributed by atoms with E-state index in [1.165, 1.54) is 10.5 Å². The summed E-state index contributed by atoms with van der Waals surface area (Å²) in [5, 5.41) is 0. The van der Waals surface area contributed by atoms with Gasteiger partial charge in [0.05, 0.1) is 5.51 Å². The number of rotatable bonds is 2. The SMILES string of the molecule is O=CN1CC=C(c2cncs2)CC1. The Labute approximate surface area is 80.7 Å². The summed E-state index contributed by atoms with van der Waals surface area (Å²) in [6.45, 7) is 1.56. The molecule has 68 valence electrons. The molecule has 0 saturated carbocycles. The van der Waals surface area contributed by atoms with Gasteiger partial charge in [-0.05, 0) is 12.0 Å². The molecule has 0 radical (unpaired) electrons. The largest absolute Gasteiger partial charge is 0.341 e. The number of hydrogen-bond donors (Lipinski definition) is 0. The van der Waals surface area contributed by atoms with Crippen molar-refractivity contribution in [1.29, 1.82) is 0 Å². The molecule has 0 spiro atoms. The Hall–Kier alpha value is -1.16. The second-order valence-corrected chi connectivity index (χ2v) is 3.83. The van der Waals surface area contributed by atoms with Gasteiger partial charge in [0.1, 0.15) is 0 Å². The molecule has 2 rings (SSSR count). The van der Waals surface area contributed by atoms with Crippen molar-refractivity contribution in [3.8, 4) is 0 Å². The zero-order chi connectivity index (χ0) is 9.10. The minimum absolute atomic E-state index is 0.733. The zero-order valence-electron chi connectivity index (χ0n) is 7.14. The van der Waals surface area contributed by atoms with Crippen LogP contribution in [0.2, 0.25) is 0 Å². The van der Waals surface area contributed by atoms with Gasteiger partial charge in [0.15, 0.2) is 0 Å². The summed E-state index contributed by atoms with van der Waals surface area (Å²) in [4.78, 5) is 17.5. The number of amides is 1. The molecule has 4 heteroatoms. The molecular weight excluding hydrogens is 184 g/mol. The van der Waals surface area contributed by atoms with Crippen molar-refractivity contribution in [1.82, 2.24) is 9.88 Å². The molecular formula is C9H10N2OS.